The molecule has 8 heteroatoms. The number of nitrogens with zero attached hydrogens (tertiary/aromatic N) is 4. The van der Waals surface area contributed by atoms with Gasteiger partial charge < -0.3 is 10.3 Å². The molecule has 0 aliphatic carbocycles. The standard InChI is InChI=1S/C23H29N5OS2/c1-16(2)14-27-21(9-8-20(24)29)25-28(23(27)30)15-26-12-10-19-18(11-13-31-19)22(26)17-6-4-3-5-7-17/h3-7,11,13,16,22H,8-10,12,14-15H2,1-2H3,(H2,24,29)/t22-/m0/s1. The van der Waals surface area contributed by atoms with Gasteiger partial charge in [0.25, 0.3) is 0 Å². The summed E-state index contributed by atoms with van der Waals surface area (Å²) in [4.78, 5) is 15.3. The second-order valence-corrected chi connectivity index (χ2v) is 9.85. The van der Waals surface area contributed by atoms with Crippen LogP contribution in [0.4, 0.5) is 0 Å². The van der Waals surface area contributed by atoms with E-state index < -0.39 is 0 Å². The number of amides is 1. The zero-order valence-electron chi connectivity index (χ0n) is 18.0. The van der Waals surface area contributed by atoms with Crippen molar-refractivity contribution in [2.45, 2.75) is 52.4 Å². The molecule has 0 saturated carbocycles. The maximum atomic E-state index is 11.4. The molecule has 0 saturated heterocycles. The first-order chi connectivity index (χ1) is 14.9. The van der Waals surface area contributed by atoms with Crippen molar-refractivity contribution in [3.05, 3.63) is 68.4 Å². The van der Waals surface area contributed by atoms with Crippen LogP contribution in [0.1, 0.15) is 48.1 Å². The van der Waals surface area contributed by atoms with Crippen molar-refractivity contribution in [1.82, 2.24) is 19.2 Å². The van der Waals surface area contributed by atoms with Crippen molar-refractivity contribution >= 4 is 29.5 Å². The highest BCUT2D eigenvalue weighted by molar-refractivity contribution is 7.71. The van der Waals surface area contributed by atoms with E-state index in [-0.39, 0.29) is 18.4 Å². The predicted octanol–water partition coefficient (Wildman–Crippen LogP) is 4.15. The van der Waals surface area contributed by atoms with Crippen LogP contribution >= 0.6 is 23.6 Å². The van der Waals surface area contributed by atoms with Gasteiger partial charge in [-0.3, -0.25) is 9.69 Å². The third-order valence-corrected chi connectivity index (χ3v) is 7.07. The normalized spacial score (nSPS) is 16.5. The highest BCUT2D eigenvalue weighted by Gasteiger charge is 2.30. The summed E-state index contributed by atoms with van der Waals surface area (Å²) in [5.74, 6) is 0.945. The lowest BCUT2D eigenvalue weighted by molar-refractivity contribution is -0.118. The van der Waals surface area contributed by atoms with Crippen molar-refractivity contribution in [3.8, 4) is 0 Å². The fraction of sp³-hybridized carbons (Fsp3) is 0.435. The number of hydrogen-bond acceptors (Lipinski definition) is 5. The molecule has 2 N–H and O–H groups in total. The molecule has 2 aromatic heterocycles. The lowest BCUT2D eigenvalue weighted by atomic mass is 9.94. The Morgan fingerprint density at radius 1 is 1.29 bits per heavy atom. The largest absolute Gasteiger partial charge is 0.370 e. The third kappa shape index (κ3) is 4.81. The summed E-state index contributed by atoms with van der Waals surface area (Å²) < 4.78 is 4.69. The average molecular weight is 456 g/mol. The number of nitrogens with two attached hydrogens (primary N) is 1. The monoisotopic (exact) mass is 455 g/mol. The van der Waals surface area contributed by atoms with Crippen LogP contribution in [-0.4, -0.2) is 31.7 Å². The fourth-order valence-corrected chi connectivity index (χ4v) is 5.45. The summed E-state index contributed by atoms with van der Waals surface area (Å²) in [6.07, 6.45) is 1.82. The molecule has 0 spiro atoms. The molecule has 1 atom stereocenters. The van der Waals surface area contributed by atoms with Crippen molar-refractivity contribution in [2.24, 2.45) is 11.7 Å². The van der Waals surface area contributed by atoms with E-state index in [4.69, 9.17) is 23.1 Å². The Kier molecular flexibility index (Phi) is 6.69. The first-order valence-corrected chi connectivity index (χ1v) is 12.0. The Labute approximate surface area is 192 Å². The molecular weight excluding hydrogens is 426 g/mol. The van der Waals surface area contributed by atoms with Crippen molar-refractivity contribution in [3.63, 3.8) is 0 Å². The maximum absolute atomic E-state index is 11.4. The number of carbonyl (C=O) groups excluding carboxylic acids is 1. The van der Waals surface area contributed by atoms with E-state index in [1.165, 1.54) is 16.0 Å². The molecule has 0 unspecified atom stereocenters. The van der Waals surface area contributed by atoms with Crippen LogP contribution in [0, 0.1) is 10.7 Å². The molecule has 1 aliphatic rings. The predicted molar refractivity (Wildman–Crippen MR) is 126 cm³/mol. The number of primary amides is 1. The molecule has 1 aromatic carbocycles. The lowest BCUT2D eigenvalue weighted by Crippen LogP contribution is -2.37. The Balaban J connectivity index is 1.67. The van der Waals surface area contributed by atoms with Gasteiger partial charge in [0, 0.05) is 30.8 Å². The highest BCUT2D eigenvalue weighted by Crippen LogP contribution is 2.37. The summed E-state index contributed by atoms with van der Waals surface area (Å²) in [5, 5.41) is 7.02. The lowest BCUT2D eigenvalue weighted by Gasteiger charge is -2.36. The van der Waals surface area contributed by atoms with Crippen LogP contribution in [0.15, 0.2) is 41.8 Å². The van der Waals surface area contributed by atoms with Gasteiger partial charge in [-0.25, -0.2) is 4.68 Å². The van der Waals surface area contributed by atoms with Crippen LogP contribution in [0.3, 0.4) is 0 Å². The second-order valence-electron chi connectivity index (χ2n) is 8.49. The molecule has 1 aliphatic heterocycles. The molecule has 164 valence electrons. The first kappa shape index (κ1) is 21.9. The Morgan fingerprint density at radius 2 is 2.06 bits per heavy atom. The zero-order chi connectivity index (χ0) is 22.0. The van der Waals surface area contributed by atoms with Crippen LogP contribution in [-0.2, 0) is 30.8 Å². The molecule has 31 heavy (non-hydrogen) atoms. The van der Waals surface area contributed by atoms with Crippen molar-refractivity contribution in [2.75, 3.05) is 6.54 Å². The topological polar surface area (TPSA) is 69.1 Å². The summed E-state index contributed by atoms with van der Waals surface area (Å²) in [6.45, 7) is 6.66. The molecule has 3 heterocycles. The van der Waals surface area contributed by atoms with E-state index in [1.807, 2.05) is 16.0 Å². The molecule has 1 amide bonds. The summed E-state index contributed by atoms with van der Waals surface area (Å²) in [5.41, 5.74) is 8.05. The van der Waals surface area contributed by atoms with Crippen LogP contribution in [0.2, 0.25) is 0 Å². The smallest absolute Gasteiger partial charge is 0.217 e. The highest BCUT2D eigenvalue weighted by atomic mass is 32.1. The maximum Gasteiger partial charge on any atom is 0.217 e. The summed E-state index contributed by atoms with van der Waals surface area (Å²) >= 11 is 7.66. The molecule has 0 fully saturated rings. The number of fused-ring (bicyclic) bond motifs is 1. The minimum Gasteiger partial charge on any atom is -0.370 e. The van der Waals surface area contributed by atoms with Gasteiger partial charge in [0.2, 0.25) is 5.91 Å². The van der Waals surface area contributed by atoms with Gasteiger partial charge >= 0.3 is 0 Å². The summed E-state index contributed by atoms with van der Waals surface area (Å²) in [7, 11) is 0. The SMILES string of the molecule is CC(C)Cn1c(CCC(N)=O)nn(CN2CCc3sccc3[C@@H]2c2ccccc2)c1=S. The van der Waals surface area contributed by atoms with Gasteiger partial charge in [-0.2, -0.15) is 5.10 Å². The van der Waals surface area contributed by atoms with Crippen LogP contribution < -0.4 is 5.73 Å². The van der Waals surface area contributed by atoms with E-state index in [0.717, 1.165) is 25.3 Å². The van der Waals surface area contributed by atoms with Gasteiger partial charge in [-0.1, -0.05) is 44.2 Å². The number of aryl methyl sites for hydroxylation is 1. The Bertz CT molecular complexity index is 1100. The van der Waals surface area contributed by atoms with Gasteiger partial charge in [-0.15, -0.1) is 11.3 Å². The van der Waals surface area contributed by atoms with Crippen molar-refractivity contribution < 1.29 is 4.79 Å². The van der Waals surface area contributed by atoms with Gasteiger partial charge in [0.15, 0.2) is 4.77 Å². The average Bonchev–Trinajstić information content (AvgIpc) is 3.32. The van der Waals surface area contributed by atoms with Gasteiger partial charge in [0.1, 0.15) is 5.82 Å². The zero-order valence-corrected chi connectivity index (χ0v) is 19.7. The minimum absolute atomic E-state index is 0.183. The number of aromatic nitrogens is 3. The van der Waals surface area contributed by atoms with E-state index in [0.29, 0.717) is 23.8 Å². The molecule has 0 radical (unpaired) electrons. The third-order valence-electron chi connectivity index (χ3n) is 5.64. The van der Waals surface area contributed by atoms with Crippen molar-refractivity contribution in [1.29, 1.82) is 0 Å². The Hall–Kier alpha value is -2.29. The second kappa shape index (κ2) is 9.46. The number of benzene rings is 1. The fourth-order valence-electron chi connectivity index (χ4n) is 4.26. The number of thiophene rings is 1. The van der Waals surface area contributed by atoms with Crippen LogP contribution in [0.5, 0.6) is 0 Å². The van der Waals surface area contributed by atoms with Gasteiger partial charge in [-0.05, 0) is 47.1 Å². The van der Waals surface area contributed by atoms with Gasteiger partial charge in [0.05, 0.1) is 12.7 Å². The molecular formula is C23H29N5OS2. The molecule has 3 aromatic rings. The quantitative estimate of drug-likeness (QED) is 0.518. The first-order valence-electron chi connectivity index (χ1n) is 10.7. The van der Waals surface area contributed by atoms with E-state index >= 15 is 0 Å². The van der Waals surface area contributed by atoms with E-state index in [1.54, 1.807) is 0 Å². The number of rotatable bonds is 8. The summed E-state index contributed by atoms with van der Waals surface area (Å²) in [6, 6.07) is 13.1. The van der Waals surface area contributed by atoms with E-state index in [2.05, 4.69) is 65.1 Å². The number of carbonyl (C=O) groups is 1. The van der Waals surface area contributed by atoms with E-state index in [9.17, 15) is 4.79 Å². The van der Waals surface area contributed by atoms with Crippen LogP contribution in [0.25, 0.3) is 0 Å². The molecule has 4 rings (SSSR count). The minimum atomic E-state index is -0.318. The Morgan fingerprint density at radius 3 is 2.77 bits per heavy atom. The number of hydrogen-bond donors (Lipinski definition) is 1. The molecule has 6 nitrogen and oxygen atoms in total. The molecule has 0 bridgehead atoms.